The maximum atomic E-state index is 12.6. The number of carbonyl (C=O) groups is 1. The monoisotopic (exact) mass is 317 g/mol. The number of nitrogens with zero attached hydrogens (tertiary/aromatic N) is 2. The molecule has 0 atom stereocenters. The van der Waals surface area contributed by atoms with E-state index in [0.29, 0.717) is 5.69 Å². The first kappa shape index (κ1) is 16.1. The summed E-state index contributed by atoms with van der Waals surface area (Å²) in [6.45, 7) is 5.15. The van der Waals surface area contributed by atoms with Crippen LogP contribution in [0.5, 0.6) is 0 Å². The van der Waals surface area contributed by atoms with Gasteiger partial charge in [0.15, 0.2) is 11.4 Å². The molecule has 0 saturated heterocycles. The molecule has 120 valence electrons. The molecule has 0 saturated carbocycles. The Hall–Kier alpha value is -2.32. The molecule has 22 heavy (non-hydrogen) atoms. The Labute approximate surface area is 123 Å². The van der Waals surface area contributed by atoms with E-state index >= 15 is 0 Å². The lowest BCUT2D eigenvalue weighted by molar-refractivity contribution is -0.143. The average Bonchev–Trinajstić information content (AvgIpc) is 3.03. The third-order valence-corrected chi connectivity index (χ3v) is 2.87. The van der Waals surface area contributed by atoms with Crippen LogP contribution in [0.15, 0.2) is 16.9 Å². The maximum absolute atomic E-state index is 12.6. The van der Waals surface area contributed by atoms with E-state index in [4.69, 9.17) is 4.74 Å². The minimum Gasteiger partial charge on any atom is -0.456 e. The number of aromatic amines is 1. The van der Waals surface area contributed by atoms with Gasteiger partial charge in [-0.25, -0.2) is 4.79 Å². The van der Waals surface area contributed by atoms with Crippen LogP contribution in [0.4, 0.5) is 13.2 Å². The molecule has 0 unspecified atom stereocenters. The van der Waals surface area contributed by atoms with Crippen LogP contribution in [-0.2, 0) is 22.9 Å². The first-order valence-electron chi connectivity index (χ1n) is 6.32. The van der Waals surface area contributed by atoms with Gasteiger partial charge in [0.1, 0.15) is 12.9 Å². The minimum absolute atomic E-state index is 0.00469. The molecule has 1 N–H and O–H groups in total. The summed E-state index contributed by atoms with van der Waals surface area (Å²) in [5.74, 6) is -0.832. The fourth-order valence-corrected chi connectivity index (χ4v) is 1.62. The molecule has 0 aliphatic heterocycles. The van der Waals surface area contributed by atoms with Gasteiger partial charge in [-0.1, -0.05) is 25.9 Å². The molecule has 0 amide bonds. The number of rotatable bonds is 3. The van der Waals surface area contributed by atoms with Gasteiger partial charge in [0.05, 0.1) is 5.56 Å². The molecule has 2 aromatic heterocycles. The number of halogens is 3. The quantitative estimate of drug-likeness (QED) is 0.880. The molecule has 0 radical (unpaired) electrons. The summed E-state index contributed by atoms with van der Waals surface area (Å²) in [5, 5.41) is 9.35. The first-order valence-corrected chi connectivity index (χ1v) is 6.32. The van der Waals surface area contributed by atoms with Gasteiger partial charge in [-0.05, 0) is 6.07 Å². The molecular formula is C13H14F3N3O3. The van der Waals surface area contributed by atoms with E-state index in [-0.39, 0.29) is 16.7 Å². The van der Waals surface area contributed by atoms with E-state index in [9.17, 15) is 18.0 Å². The molecule has 2 heterocycles. The van der Waals surface area contributed by atoms with Gasteiger partial charge in [-0.15, -0.1) is 0 Å². The number of aromatic nitrogens is 3. The van der Waals surface area contributed by atoms with Crippen molar-refractivity contribution < 1.29 is 27.2 Å². The Morgan fingerprint density at radius 2 is 2.05 bits per heavy atom. The number of hydrogen-bond acceptors (Lipinski definition) is 5. The van der Waals surface area contributed by atoms with Crippen LogP contribution in [0.1, 0.15) is 48.2 Å². The van der Waals surface area contributed by atoms with Crippen LogP contribution in [0, 0.1) is 0 Å². The van der Waals surface area contributed by atoms with Crippen molar-refractivity contribution >= 4 is 5.97 Å². The van der Waals surface area contributed by atoms with Crippen molar-refractivity contribution in [3.8, 4) is 0 Å². The summed E-state index contributed by atoms with van der Waals surface area (Å²) in [6.07, 6.45) is -3.87. The second kappa shape index (κ2) is 5.47. The highest BCUT2D eigenvalue weighted by Gasteiger charge is 2.37. The Morgan fingerprint density at radius 3 is 2.59 bits per heavy atom. The van der Waals surface area contributed by atoms with Gasteiger partial charge >= 0.3 is 12.1 Å². The molecule has 0 aromatic carbocycles. The topological polar surface area (TPSA) is 81.0 Å². The predicted octanol–water partition coefficient (Wildman–Crippen LogP) is 3.07. The lowest BCUT2D eigenvalue weighted by Gasteiger charge is -2.14. The average molecular weight is 317 g/mol. The van der Waals surface area contributed by atoms with E-state index in [1.807, 2.05) is 20.8 Å². The van der Waals surface area contributed by atoms with Crippen LogP contribution < -0.4 is 0 Å². The van der Waals surface area contributed by atoms with Gasteiger partial charge in [0, 0.05) is 11.1 Å². The van der Waals surface area contributed by atoms with Crippen LogP contribution in [0.2, 0.25) is 0 Å². The molecule has 0 bridgehead atoms. The lowest BCUT2D eigenvalue weighted by Crippen LogP contribution is -2.12. The Balaban J connectivity index is 2.05. The fraction of sp³-hybridized carbons (Fsp3) is 0.462. The first-order chi connectivity index (χ1) is 10.1. The number of carbonyl (C=O) groups excluding carboxylic acids is 1. The number of nitrogens with one attached hydrogen (secondary N) is 1. The van der Waals surface area contributed by atoms with Crippen LogP contribution in [-0.4, -0.2) is 21.3 Å². The van der Waals surface area contributed by atoms with Crippen molar-refractivity contribution in [2.45, 2.75) is 39.0 Å². The second-order valence-corrected chi connectivity index (χ2v) is 5.68. The van der Waals surface area contributed by atoms with Gasteiger partial charge in [0.25, 0.3) is 0 Å². The Kier molecular flexibility index (Phi) is 3.99. The van der Waals surface area contributed by atoms with Gasteiger partial charge < -0.3 is 9.26 Å². The van der Waals surface area contributed by atoms with Crippen LogP contribution in [0.25, 0.3) is 0 Å². The number of esters is 1. The van der Waals surface area contributed by atoms with Crippen molar-refractivity contribution in [1.82, 2.24) is 15.4 Å². The van der Waals surface area contributed by atoms with E-state index in [1.54, 1.807) is 0 Å². The van der Waals surface area contributed by atoms with E-state index in [2.05, 4.69) is 19.9 Å². The SMILES string of the molecule is CC(C)(C)c1cc(C(=O)OCc2conc2C(F)(F)F)n[nH]1. The highest BCUT2D eigenvalue weighted by molar-refractivity contribution is 5.87. The lowest BCUT2D eigenvalue weighted by atomic mass is 9.92. The molecule has 0 spiro atoms. The third kappa shape index (κ3) is 3.46. The molecule has 0 aliphatic rings. The van der Waals surface area contributed by atoms with Crippen molar-refractivity contribution in [1.29, 1.82) is 0 Å². The summed E-state index contributed by atoms with van der Waals surface area (Å²) in [6, 6.07) is 1.50. The zero-order chi connectivity index (χ0) is 16.5. The van der Waals surface area contributed by atoms with Gasteiger partial charge in [0.2, 0.25) is 0 Å². The van der Waals surface area contributed by atoms with E-state index < -0.39 is 24.4 Å². The predicted molar refractivity (Wildman–Crippen MR) is 67.9 cm³/mol. The van der Waals surface area contributed by atoms with Crippen molar-refractivity contribution in [2.75, 3.05) is 0 Å². The summed E-state index contributed by atoms with van der Waals surface area (Å²) >= 11 is 0. The fourth-order valence-electron chi connectivity index (χ4n) is 1.62. The highest BCUT2D eigenvalue weighted by atomic mass is 19.4. The van der Waals surface area contributed by atoms with Crippen LogP contribution in [0.3, 0.4) is 0 Å². The van der Waals surface area contributed by atoms with Crippen molar-refractivity contribution in [2.24, 2.45) is 0 Å². The molecule has 2 rings (SSSR count). The number of hydrogen-bond donors (Lipinski definition) is 1. The minimum atomic E-state index is -4.67. The smallest absolute Gasteiger partial charge is 0.437 e. The van der Waals surface area contributed by atoms with E-state index in [1.165, 1.54) is 6.07 Å². The maximum Gasteiger partial charge on any atom is 0.437 e. The zero-order valence-corrected chi connectivity index (χ0v) is 12.1. The zero-order valence-electron chi connectivity index (χ0n) is 12.1. The molecule has 0 aliphatic carbocycles. The normalized spacial score (nSPS) is 12.5. The largest absolute Gasteiger partial charge is 0.456 e. The van der Waals surface area contributed by atoms with Gasteiger partial charge in [-0.3, -0.25) is 5.10 Å². The second-order valence-electron chi connectivity index (χ2n) is 5.68. The summed E-state index contributed by atoms with van der Waals surface area (Å²) in [7, 11) is 0. The van der Waals surface area contributed by atoms with E-state index in [0.717, 1.165) is 6.26 Å². The Bertz CT molecular complexity index is 668. The highest BCUT2D eigenvalue weighted by Crippen LogP contribution is 2.31. The van der Waals surface area contributed by atoms with Crippen molar-refractivity contribution in [3.63, 3.8) is 0 Å². The third-order valence-electron chi connectivity index (χ3n) is 2.87. The molecule has 6 nitrogen and oxygen atoms in total. The molecule has 9 heteroatoms. The number of ether oxygens (including phenoxy) is 1. The molecular weight excluding hydrogens is 303 g/mol. The van der Waals surface area contributed by atoms with Gasteiger partial charge in [-0.2, -0.15) is 18.3 Å². The molecule has 2 aromatic rings. The number of alkyl halides is 3. The Morgan fingerprint density at radius 1 is 1.36 bits per heavy atom. The number of H-pyrrole nitrogens is 1. The standard InChI is InChI=1S/C13H14F3N3O3/c1-12(2,3)9-4-8(17-18-9)11(20)21-5-7-6-22-19-10(7)13(14,15)16/h4,6H,5H2,1-3H3,(H,17,18). The van der Waals surface area contributed by atoms with Crippen molar-refractivity contribution in [3.05, 3.63) is 35.0 Å². The molecule has 0 fully saturated rings. The summed E-state index contributed by atoms with van der Waals surface area (Å²) in [4.78, 5) is 11.8. The summed E-state index contributed by atoms with van der Waals surface area (Å²) in [5.41, 5.74) is -1.11. The summed E-state index contributed by atoms with van der Waals surface area (Å²) < 4.78 is 46.8. The van der Waals surface area contributed by atoms with Crippen LogP contribution >= 0.6 is 0 Å².